The van der Waals surface area contributed by atoms with Crippen molar-refractivity contribution < 1.29 is 4.74 Å². The number of halogens is 1. The standard InChI is InChI=1S/C8H18BrNO/c1-7(2)11-5-4-10-8(3)6-9/h7-8,10H,4-6H2,1-3H3. The summed E-state index contributed by atoms with van der Waals surface area (Å²) in [5, 5.41) is 4.31. The summed E-state index contributed by atoms with van der Waals surface area (Å²) in [6.45, 7) is 7.98. The first-order chi connectivity index (χ1) is 5.16. The van der Waals surface area contributed by atoms with Gasteiger partial charge < -0.3 is 10.1 Å². The Morgan fingerprint density at radius 2 is 2.00 bits per heavy atom. The average molecular weight is 224 g/mol. The van der Waals surface area contributed by atoms with E-state index in [2.05, 4.69) is 28.2 Å². The summed E-state index contributed by atoms with van der Waals surface area (Å²) in [5.41, 5.74) is 0. The highest BCUT2D eigenvalue weighted by Gasteiger charge is 1.97. The Balaban J connectivity index is 3.01. The summed E-state index contributed by atoms with van der Waals surface area (Å²) in [6.07, 6.45) is 0.344. The third-order valence-corrected chi connectivity index (χ3v) is 2.25. The second-order valence-electron chi connectivity index (χ2n) is 2.93. The van der Waals surface area contributed by atoms with Gasteiger partial charge >= 0.3 is 0 Å². The number of ether oxygens (including phenoxy) is 1. The van der Waals surface area contributed by atoms with Crippen LogP contribution in [0.5, 0.6) is 0 Å². The van der Waals surface area contributed by atoms with Crippen LogP contribution in [0.2, 0.25) is 0 Å². The lowest BCUT2D eigenvalue weighted by Crippen LogP contribution is -2.31. The molecular formula is C8H18BrNO. The van der Waals surface area contributed by atoms with Crippen molar-refractivity contribution in [2.75, 3.05) is 18.5 Å². The van der Waals surface area contributed by atoms with Crippen molar-refractivity contribution in [1.29, 1.82) is 0 Å². The molecule has 0 aliphatic heterocycles. The molecule has 1 N–H and O–H groups in total. The van der Waals surface area contributed by atoms with Crippen LogP contribution < -0.4 is 5.32 Å². The maximum atomic E-state index is 5.36. The van der Waals surface area contributed by atoms with Crippen LogP contribution in [0.25, 0.3) is 0 Å². The molecule has 11 heavy (non-hydrogen) atoms. The van der Waals surface area contributed by atoms with Gasteiger partial charge in [-0.3, -0.25) is 0 Å². The van der Waals surface area contributed by atoms with Crippen LogP contribution >= 0.6 is 15.9 Å². The SMILES string of the molecule is CC(CBr)NCCOC(C)C. The number of hydrogen-bond acceptors (Lipinski definition) is 2. The smallest absolute Gasteiger partial charge is 0.0594 e. The summed E-state index contributed by atoms with van der Waals surface area (Å²) in [7, 11) is 0. The Bertz CT molecular complexity index is 88.2. The molecule has 0 aromatic carbocycles. The predicted molar refractivity (Wildman–Crippen MR) is 52.3 cm³/mol. The van der Waals surface area contributed by atoms with Gasteiger partial charge in [-0.05, 0) is 20.8 Å². The van der Waals surface area contributed by atoms with E-state index >= 15 is 0 Å². The Morgan fingerprint density at radius 1 is 1.36 bits per heavy atom. The quantitative estimate of drug-likeness (QED) is 0.548. The Labute approximate surface area is 77.8 Å². The van der Waals surface area contributed by atoms with Gasteiger partial charge in [0.25, 0.3) is 0 Å². The highest BCUT2D eigenvalue weighted by Crippen LogP contribution is 1.89. The maximum absolute atomic E-state index is 5.36. The fourth-order valence-corrected chi connectivity index (χ4v) is 0.883. The fourth-order valence-electron chi connectivity index (χ4n) is 0.655. The number of alkyl halides is 1. The van der Waals surface area contributed by atoms with E-state index in [1.54, 1.807) is 0 Å². The predicted octanol–water partition coefficient (Wildman–Crippen LogP) is 1.78. The summed E-state index contributed by atoms with van der Waals surface area (Å²) in [6, 6.07) is 0.533. The van der Waals surface area contributed by atoms with E-state index in [0.29, 0.717) is 12.1 Å². The zero-order valence-corrected chi connectivity index (χ0v) is 9.15. The first kappa shape index (κ1) is 11.4. The molecule has 0 spiro atoms. The largest absolute Gasteiger partial charge is 0.377 e. The molecule has 0 bridgehead atoms. The molecule has 2 nitrogen and oxygen atoms in total. The summed E-state index contributed by atoms with van der Waals surface area (Å²) in [5.74, 6) is 0. The minimum Gasteiger partial charge on any atom is -0.377 e. The van der Waals surface area contributed by atoms with E-state index < -0.39 is 0 Å². The molecule has 0 aromatic rings. The molecule has 1 unspecified atom stereocenters. The topological polar surface area (TPSA) is 21.3 Å². The molecule has 0 saturated heterocycles. The highest BCUT2D eigenvalue weighted by molar-refractivity contribution is 9.09. The monoisotopic (exact) mass is 223 g/mol. The highest BCUT2D eigenvalue weighted by atomic mass is 79.9. The summed E-state index contributed by atoms with van der Waals surface area (Å²) >= 11 is 3.39. The molecule has 0 rings (SSSR count). The maximum Gasteiger partial charge on any atom is 0.0594 e. The zero-order valence-electron chi connectivity index (χ0n) is 7.56. The Hall–Kier alpha value is 0.400. The molecular weight excluding hydrogens is 206 g/mol. The minimum atomic E-state index is 0.344. The van der Waals surface area contributed by atoms with E-state index in [-0.39, 0.29) is 0 Å². The van der Waals surface area contributed by atoms with Crippen LogP contribution in [0.4, 0.5) is 0 Å². The van der Waals surface area contributed by atoms with Crippen molar-refractivity contribution in [3.8, 4) is 0 Å². The van der Waals surface area contributed by atoms with Gasteiger partial charge in [-0.25, -0.2) is 0 Å². The van der Waals surface area contributed by atoms with Crippen molar-refractivity contribution in [3.63, 3.8) is 0 Å². The molecule has 1 atom stereocenters. The summed E-state index contributed by atoms with van der Waals surface area (Å²) < 4.78 is 5.36. The van der Waals surface area contributed by atoms with Crippen molar-refractivity contribution in [2.45, 2.75) is 32.9 Å². The second kappa shape index (κ2) is 7.07. The molecule has 0 saturated carbocycles. The van der Waals surface area contributed by atoms with E-state index in [1.165, 1.54) is 0 Å². The first-order valence-electron chi connectivity index (χ1n) is 4.07. The molecule has 0 aliphatic carbocycles. The normalized spacial score (nSPS) is 13.9. The van der Waals surface area contributed by atoms with Crippen LogP contribution in [0.1, 0.15) is 20.8 Å². The third kappa shape index (κ3) is 8.30. The number of rotatable bonds is 6. The van der Waals surface area contributed by atoms with Crippen LogP contribution in [0.3, 0.4) is 0 Å². The van der Waals surface area contributed by atoms with Crippen LogP contribution in [-0.2, 0) is 4.74 Å². The fraction of sp³-hybridized carbons (Fsp3) is 1.00. The van der Waals surface area contributed by atoms with Gasteiger partial charge in [0.05, 0.1) is 12.7 Å². The minimum absolute atomic E-state index is 0.344. The van der Waals surface area contributed by atoms with Gasteiger partial charge in [0, 0.05) is 17.9 Å². The molecule has 0 aromatic heterocycles. The lowest BCUT2D eigenvalue weighted by molar-refractivity contribution is 0.0800. The van der Waals surface area contributed by atoms with E-state index in [1.807, 2.05) is 13.8 Å². The lowest BCUT2D eigenvalue weighted by Gasteiger charge is -2.11. The number of hydrogen-bond donors (Lipinski definition) is 1. The zero-order chi connectivity index (χ0) is 8.69. The van der Waals surface area contributed by atoms with Crippen molar-refractivity contribution in [3.05, 3.63) is 0 Å². The van der Waals surface area contributed by atoms with Gasteiger partial charge in [0.2, 0.25) is 0 Å². The number of nitrogens with one attached hydrogen (secondary N) is 1. The second-order valence-corrected chi connectivity index (χ2v) is 3.58. The molecule has 3 heteroatoms. The van der Waals surface area contributed by atoms with Gasteiger partial charge in [-0.2, -0.15) is 0 Å². The lowest BCUT2D eigenvalue weighted by atomic mass is 10.4. The molecule has 0 aliphatic rings. The van der Waals surface area contributed by atoms with Gasteiger partial charge in [0.1, 0.15) is 0 Å². The van der Waals surface area contributed by atoms with Crippen molar-refractivity contribution >= 4 is 15.9 Å². The van der Waals surface area contributed by atoms with Crippen LogP contribution in [-0.4, -0.2) is 30.6 Å². The Kier molecular flexibility index (Phi) is 7.33. The van der Waals surface area contributed by atoms with Crippen LogP contribution in [0.15, 0.2) is 0 Å². The van der Waals surface area contributed by atoms with Crippen molar-refractivity contribution in [1.82, 2.24) is 5.32 Å². The molecule has 0 amide bonds. The molecule has 0 radical (unpaired) electrons. The van der Waals surface area contributed by atoms with E-state index in [0.717, 1.165) is 18.5 Å². The molecule has 0 fully saturated rings. The third-order valence-electron chi connectivity index (χ3n) is 1.28. The van der Waals surface area contributed by atoms with E-state index in [9.17, 15) is 0 Å². The van der Waals surface area contributed by atoms with Crippen LogP contribution in [0, 0.1) is 0 Å². The summed E-state index contributed by atoms with van der Waals surface area (Å²) in [4.78, 5) is 0. The average Bonchev–Trinajstić information content (AvgIpc) is 1.97. The van der Waals surface area contributed by atoms with Gasteiger partial charge in [-0.1, -0.05) is 15.9 Å². The Morgan fingerprint density at radius 3 is 2.45 bits per heavy atom. The van der Waals surface area contributed by atoms with Gasteiger partial charge in [-0.15, -0.1) is 0 Å². The molecule has 68 valence electrons. The van der Waals surface area contributed by atoms with Gasteiger partial charge in [0.15, 0.2) is 0 Å². The molecule has 0 heterocycles. The first-order valence-corrected chi connectivity index (χ1v) is 5.20. The van der Waals surface area contributed by atoms with E-state index in [4.69, 9.17) is 4.74 Å². The van der Waals surface area contributed by atoms with Crippen molar-refractivity contribution in [2.24, 2.45) is 0 Å².